The number of rotatable bonds is 5. The summed E-state index contributed by atoms with van der Waals surface area (Å²) in [6, 6.07) is 10.5. The van der Waals surface area contributed by atoms with Crippen molar-refractivity contribution in [3.63, 3.8) is 0 Å². The molecule has 0 aliphatic rings. The van der Waals surface area contributed by atoms with Gasteiger partial charge >= 0.3 is 0 Å². The Morgan fingerprint density at radius 2 is 1.88 bits per heavy atom. The minimum absolute atomic E-state index is 0.0918. The van der Waals surface area contributed by atoms with E-state index >= 15 is 0 Å². The number of aryl methyl sites for hydroxylation is 1. The number of tetrazole rings is 1. The zero-order valence-electron chi connectivity index (χ0n) is 13.4. The number of thioether (sulfide) groups is 1. The third-order valence-corrected chi connectivity index (χ3v) is 5.37. The third kappa shape index (κ3) is 4.29. The lowest BCUT2D eigenvalue weighted by molar-refractivity contribution is -0.113. The minimum Gasteiger partial charge on any atom is -0.323 e. The highest BCUT2D eigenvalue weighted by Gasteiger charge is 2.15. The van der Waals surface area contributed by atoms with Gasteiger partial charge in [-0.2, -0.15) is 4.68 Å². The number of carbonyl (C=O) groups is 1. The first-order valence-electron chi connectivity index (χ1n) is 7.37. The lowest BCUT2D eigenvalue weighted by Gasteiger charge is -2.11. The normalized spacial score (nSPS) is 10.8. The van der Waals surface area contributed by atoms with Crippen LogP contribution in [0.5, 0.6) is 0 Å². The van der Waals surface area contributed by atoms with Gasteiger partial charge in [-0.25, -0.2) is 0 Å². The zero-order chi connectivity index (χ0) is 18.7. The molecule has 0 radical (unpaired) electrons. The Morgan fingerprint density at radius 1 is 1.15 bits per heavy atom. The SMILES string of the molecule is Cc1ccc(Cl)c(NC(=O)CSc2nnnn2-c2ccc(Cl)cc2)c1Cl. The molecule has 26 heavy (non-hydrogen) atoms. The highest BCUT2D eigenvalue weighted by Crippen LogP contribution is 2.33. The average molecular weight is 429 g/mol. The molecular weight excluding hydrogens is 417 g/mol. The standard InChI is InChI=1S/C16H12Cl3N5OS/c1-9-2-7-12(18)15(14(9)19)20-13(25)8-26-16-21-22-23-24(16)11-5-3-10(17)4-6-11/h2-7H,8H2,1H3,(H,20,25). The quantitative estimate of drug-likeness (QED) is 0.598. The molecule has 0 fully saturated rings. The van der Waals surface area contributed by atoms with Crippen LogP contribution in [0.2, 0.25) is 15.1 Å². The second kappa shape index (κ2) is 8.26. The predicted octanol–water partition coefficient (Wildman–Crippen LogP) is 4.66. The number of aromatic nitrogens is 4. The Balaban J connectivity index is 1.69. The van der Waals surface area contributed by atoms with E-state index in [0.717, 1.165) is 11.3 Å². The molecule has 6 nitrogen and oxygen atoms in total. The van der Waals surface area contributed by atoms with Crippen molar-refractivity contribution < 1.29 is 4.79 Å². The molecule has 0 saturated carbocycles. The van der Waals surface area contributed by atoms with Gasteiger partial charge in [0.05, 0.1) is 27.2 Å². The van der Waals surface area contributed by atoms with Gasteiger partial charge in [0.1, 0.15) is 0 Å². The lowest BCUT2D eigenvalue weighted by Crippen LogP contribution is -2.15. The van der Waals surface area contributed by atoms with E-state index in [1.54, 1.807) is 36.4 Å². The van der Waals surface area contributed by atoms with E-state index in [2.05, 4.69) is 20.8 Å². The van der Waals surface area contributed by atoms with Crippen LogP contribution in [0, 0.1) is 6.92 Å². The number of benzene rings is 2. The number of anilines is 1. The van der Waals surface area contributed by atoms with Gasteiger partial charge in [-0.05, 0) is 53.2 Å². The van der Waals surface area contributed by atoms with Crippen LogP contribution < -0.4 is 5.32 Å². The molecule has 1 aromatic heterocycles. The van der Waals surface area contributed by atoms with E-state index in [1.807, 2.05) is 6.92 Å². The monoisotopic (exact) mass is 427 g/mol. The molecule has 0 bridgehead atoms. The van der Waals surface area contributed by atoms with Gasteiger partial charge in [-0.1, -0.05) is 52.6 Å². The fraction of sp³-hybridized carbons (Fsp3) is 0.125. The fourth-order valence-electron chi connectivity index (χ4n) is 2.09. The summed E-state index contributed by atoms with van der Waals surface area (Å²) in [6.45, 7) is 1.84. The van der Waals surface area contributed by atoms with Gasteiger partial charge in [-0.3, -0.25) is 4.79 Å². The van der Waals surface area contributed by atoms with Crippen LogP contribution >= 0.6 is 46.6 Å². The number of nitrogens with zero attached hydrogens (tertiary/aromatic N) is 4. The maximum absolute atomic E-state index is 12.3. The van der Waals surface area contributed by atoms with Crippen LogP contribution in [0.4, 0.5) is 5.69 Å². The minimum atomic E-state index is -0.268. The molecule has 134 valence electrons. The summed E-state index contributed by atoms with van der Waals surface area (Å²) < 4.78 is 1.53. The first-order chi connectivity index (χ1) is 12.5. The molecule has 0 spiro atoms. The first kappa shape index (κ1) is 19.0. The van der Waals surface area contributed by atoms with Crippen molar-refractivity contribution in [2.45, 2.75) is 12.1 Å². The molecule has 10 heteroatoms. The van der Waals surface area contributed by atoms with E-state index in [1.165, 1.54) is 16.4 Å². The summed E-state index contributed by atoms with van der Waals surface area (Å²) in [7, 11) is 0. The number of carbonyl (C=O) groups excluding carboxylic acids is 1. The molecule has 1 heterocycles. The summed E-state index contributed by atoms with van der Waals surface area (Å²) in [5.41, 5.74) is 1.97. The molecule has 3 aromatic rings. The van der Waals surface area contributed by atoms with E-state index in [4.69, 9.17) is 34.8 Å². The smallest absolute Gasteiger partial charge is 0.234 e. The van der Waals surface area contributed by atoms with E-state index in [0.29, 0.717) is 25.9 Å². The van der Waals surface area contributed by atoms with Gasteiger partial charge in [0.15, 0.2) is 0 Å². The highest BCUT2D eigenvalue weighted by molar-refractivity contribution is 7.99. The first-order valence-corrected chi connectivity index (χ1v) is 9.49. The Kier molecular flexibility index (Phi) is 6.03. The van der Waals surface area contributed by atoms with Crippen LogP contribution in [0.25, 0.3) is 5.69 Å². The molecule has 0 aliphatic heterocycles. The van der Waals surface area contributed by atoms with Gasteiger partial charge in [-0.15, -0.1) is 5.10 Å². The predicted molar refractivity (Wildman–Crippen MR) is 105 cm³/mol. The molecule has 1 N–H and O–H groups in total. The van der Waals surface area contributed by atoms with E-state index in [9.17, 15) is 4.79 Å². The highest BCUT2D eigenvalue weighted by atomic mass is 35.5. The summed E-state index contributed by atoms with van der Waals surface area (Å²) in [5, 5.41) is 16.2. The Morgan fingerprint density at radius 3 is 2.62 bits per heavy atom. The topological polar surface area (TPSA) is 72.7 Å². The third-order valence-electron chi connectivity index (χ3n) is 3.39. The summed E-state index contributed by atoms with van der Waals surface area (Å²) in [5.74, 6) is -0.177. The summed E-state index contributed by atoms with van der Waals surface area (Å²) in [6.07, 6.45) is 0. The fourth-order valence-corrected chi connectivity index (χ4v) is 3.37. The number of hydrogen-bond donors (Lipinski definition) is 1. The Labute approximate surface area is 168 Å². The second-order valence-electron chi connectivity index (χ2n) is 5.24. The maximum Gasteiger partial charge on any atom is 0.234 e. The van der Waals surface area contributed by atoms with E-state index < -0.39 is 0 Å². The van der Waals surface area contributed by atoms with Crippen molar-refractivity contribution in [3.8, 4) is 5.69 Å². The average Bonchev–Trinajstić information content (AvgIpc) is 3.09. The Bertz CT molecular complexity index is 946. The van der Waals surface area contributed by atoms with Crippen LogP contribution in [0.3, 0.4) is 0 Å². The van der Waals surface area contributed by atoms with Crippen molar-refractivity contribution in [2.24, 2.45) is 0 Å². The van der Waals surface area contributed by atoms with Crippen molar-refractivity contribution in [2.75, 3.05) is 11.1 Å². The maximum atomic E-state index is 12.3. The van der Waals surface area contributed by atoms with Crippen LogP contribution in [-0.4, -0.2) is 31.9 Å². The molecule has 2 aromatic carbocycles. The lowest BCUT2D eigenvalue weighted by atomic mass is 10.2. The largest absolute Gasteiger partial charge is 0.323 e. The number of halogens is 3. The van der Waals surface area contributed by atoms with Crippen molar-refractivity contribution in [1.29, 1.82) is 0 Å². The number of amides is 1. The van der Waals surface area contributed by atoms with Gasteiger partial charge in [0, 0.05) is 5.02 Å². The molecule has 0 unspecified atom stereocenters. The number of hydrogen-bond acceptors (Lipinski definition) is 5. The molecule has 0 saturated heterocycles. The van der Waals surface area contributed by atoms with Crippen LogP contribution in [-0.2, 0) is 4.79 Å². The number of nitrogens with one attached hydrogen (secondary N) is 1. The van der Waals surface area contributed by atoms with Crippen molar-refractivity contribution in [3.05, 3.63) is 57.0 Å². The summed E-state index contributed by atoms with van der Waals surface area (Å²) in [4.78, 5) is 12.3. The summed E-state index contributed by atoms with van der Waals surface area (Å²) >= 11 is 19.4. The van der Waals surface area contributed by atoms with Gasteiger partial charge < -0.3 is 5.32 Å². The van der Waals surface area contributed by atoms with Gasteiger partial charge in [0.2, 0.25) is 11.1 Å². The Hall–Kier alpha value is -1.80. The van der Waals surface area contributed by atoms with Crippen LogP contribution in [0.15, 0.2) is 41.6 Å². The zero-order valence-corrected chi connectivity index (χ0v) is 16.5. The van der Waals surface area contributed by atoms with E-state index in [-0.39, 0.29) is 11.7 Å². The molecule has 0 aliphatic carbocycles. The molecular formula is C16H12Cl3N5OS. The van der Waals surface area contributed by atoms with Crippen LogP contribution in [0.1, 0.15) is 5.56 Å². The molecule has 1 amide bonds. The van der Waals surface area contributed by atoms with Gasteiger partial charge in [0.25, 0.3) is 0 Å². The second-order valence-corrected chi connectivity index (χ2v) is 7.40. The molecule has 3 rings (SSSR count). The molecule has 0 atom stereocenters. The van der Waals surface area contributed by atoms with Crippen molar-refractivity contribution in [1.82, 2.24) is 20.2 Å². The van der Waals surface area contributed by atoms with Crippen molar-refractivity contribution >= 4 is 58.2 Å².